The average Bonchev–Trinajstić information content (AvgIpc) is 2.99. The summed E-state index contributed by atoms with van der Waals surface area (Å²) in [7, 11) is 1.73. The molecule has 3 aromatic carbocycles. The lowest BCUT2D eigenvalue weighted by Crippen LogP contribution is -2.25. The predicted molar refractivity (Wildman–Crippen MR) is 154 cm³/mol. The average molecular weight is 641 g/mol. The van der Waals surface area contributed by atoms with Gasteiger partial charge in [-0.1, -0.05) is 25.0 Å². The minimum absolute atomic E-state index is 0.122. The van der Waals surface area contributed by atoms with Crippen LogP contribution in [0.25, 0.3) is 11.1 Å². The zero-order chi connectivity index (χ0) is 32.3. The molecule has 2 saturated carbocycles. The van der Waals surface area contributed by atoms with Gasteiger partial charge in [0.1, 0.15) is 28.8 Å². The molecule has 2 fully saturated rings. The molecular weight excluding hydrogens is 604 g/mol. The molecule has 0 radical (unpaired) electrons. The van der Waals surface area contributed by atoms with Crippen LogP contribution in [0.15, 0.2) is 42.5 Å². The van der Waals surface area contributed by atoms with Gasteiger partial charge in [-0.15, -0.1) is 0 Å². The van der Waals surface area contributed by atoms with Crippen molar-refractivity contribution in [1.82, 2.24) is 0 Å². The van der Waals surface area contributed by atoms with Gasteiger partial charge in [-0.05, 0) is 104 Å². The monoisotopic (exact) mass is 640 g/mol. The van der Waals surface area contributed by atoms with Gasteiger partial charge in [0.15, 0.2) is 17.5 Å². The summed E-state index contributed by atoms with van der Waals surface area (Å²) in [6.45, 7) is 0.814. The summed E-state index contributed by atoms with van der Waals surface area (Å²) >= 11 is 0. The van der Waals surface area contributed by atoms with E-state index in [9.17, 15) is 30.7 Å². The highest BCUT2D eigenvalue weighted by Gasteiger charge is 2.42. The van der Waals surface area contributed by atoms with Crippen molar-refractivity contribution < 1.29 is 44.6 Å². The van der Waals surface area contributed by atoms with Gasteiger partial charge in [0.05, 0.1) is 0 Å². The normalized spacial score (nSPS) is 22.4. The molecule has 10 heteroatoms. The summed E-state index contributed by atoms with van der Waals surface area (Å²) < 4.78 is 124. The van der Waals surface area contributed by atoms with Crippen molar-refractivity contribution >= 4 is 0 Å². The van der Waals surface area contributed by atoms with Gasteiger partial charge in [-0.25, -0.2) is 26.3 Å². The third-order valence-electron chi connectivity index (χ3n) is 9.60. The molecule has 2 aliphatic rings. The van der Waals surface area contributed by atoms with Gasteiger partial charge in [0, 0.05) is 31.4 Å². The fraction of sp³-hybridized carbons (Fsp3) is 0.486. The first-order valence-corrected chi connectivity index (χ1v) is 15.5. The molecule has 0 spiro atoms. The third kappa shape index (κ3) is 7.64. The van der Waals surface area contributed by atoms with Crippen LogP contribution >= 0.6 is 0 Å². The first kappa shape index (κ1) is 33.2. The van der Waals surface area contributed by atoms with Crippen molar-refractivity contribution in [2.45, 2.75) is 76.2 Å². The van der Waals surface area contributed by atoms with Gasteiger partial charge >= 0.3 is 6.11 Å². The molecular formula is C35H36F8O2. The van der Waals surface area contributed by atoms with Crippen molar-refractivity contribution in [2.75, 3.05) is 13.7 Å². The van der Waals surface area contributed by atoms with Crippen LogP contribution < -0.4 is 4.74 Å². The summed E-state index contributed by atoms with van der Waals surface area (Å²) in [4.78, 5) is 0. The molecule has 0 saturated heterocycles. The zero-order valence-corrected chi connectivity index (χ0v) is 25.0. The SMILES string of the molecule is COCCCC1CCC(C2CCC(c3ccc(-c4cc(F)c(C(F)(F)Oc5cc(F)c(F)c(F)c5)c(F)c4)c(F)c3)CC2)CC1. The minimum atomic E-state index is -4.73. The second-order valence-corrected chi connectivity index (χ2v) is 12.4. The summed E-state index contributed by atoms with van der Waals surface area (Å²) in [5.41, 5.74) is -1.54. The highest BCUT2D eigenvalue weighted by atomic mass is 19.3. The van der Waals surface area contributed by atoms with E-state index in [4.69, 9.17) is 4.74 Å². The number of hydrogen-bond donors (Lipinski definition) is 0. The molecule has 0 heterocycles. The van der Waals surface area contributed by atoms with E-state index in [1.807, 2.05) is 0 Å². The van der Waals surface area contributed by atoms with Crippen molar-refractivity contribution in [3.05, 3.63) is 88.5 Å². The number of alkyl halides is 2. The van der Waals surface area contributed by atoms with Crippen LogP contribution in [0.3, 0.4) is 0 Å². The largest absolute Gasteiger partial charge is 0.432 e. The van der Waals surface area contributed by atoms with Crippen LogP contribution in [-0.4, -0.2) is 13.7 Å². The van der Waals surface area contributed by atoms with E-state index < -0.39 is 52.3 Å². The molecule has 2 aliphatic carbocycles. The second kappa shape index (κ2) is 14.1. The Morgan fingerprint density at radius 2 is 1.27 bits per heavy atom. The van der Waals surface area contributed by atoms with Crippen molar-refractivity contribution in [2.24, 2.45) is 17.8 Å². The maximum absolute atomic E-state index is 15.3. The van der Waals surface area contributed by atoms with Gasteiger partial charge in [0.25, 0.3) is 0 Å². The Morgan fingerprint density at radius 3 is 1.82 bits per heavy atom. The molecule has 0 aromatic heterocycles. The second-order valence-electron chi connectivity index (χ2n) is 12.4. The summed E-state index contributed by atoms with van der Waals surface area (Å²) in [6, 6.07) is 5.74. The molecule has 0 aliphatic heterocycles. The number of methoxy groups -OCH3 is 1. The lowest BCUT2D eigenvalue weighted by molar-refractivity contribution is -0.189. The number of halogens is 8. The van der Waals surface area contributed by atoms with E-state index in [0.29, 0.717) is 18.1 Å². The maximum Gasteiger partial charge on any atom is 0.432 e. The smallest absolute Gasteiger partial charge is 0.429 e. The van der Waals surface area contributed by atoms with Gasteiger partial charge in [0.2, 0.25) is 0 Å². The van der Waals surface area contributed by atoms with E-state index in [-0.39, 0.29) is 29.2 Å². The molecule has 0 amide bonds. The Hall–Kier alpha value is -3.14. The van der Waals surface area contributed by atoms with Crippen LogP contribution in [0.1, 0.15) is 81.3 Å². The van der Waals surface area contributed by atoms with Gasteiger partial charge in [-0.3, -0.25) is 0 Å². The third-order valence-corrected chi connectivity index (χ3v) is 9.60. The number of ether oxygens (including phenoxy) is 2. The fourth-order valence-electron chi connectivity index (χ4n) is 7.20. The van der Waals surface area contributed by atoms with Crippen LogP contribution in [0, 0.1) is 52.7 Å². The molecule has 2 nitrogen and oxygen atoms in total. The van der Waals surface area contributed by atoms with Crippen molar-refractivity contribution in [3.8, 4) is 16.9 Å². The summed E-state index contributed by atoms with van der Waals surface area (Å²) in [6.07, 6.45) is 6.62. The van der Waals surface area contributed by atoms with Crippen LogP contribution in [0.4, 0.5) is 35.1 Å². The maximum atomic E-state index is 15.3. The molecule has 45 heavy (non-hydrogen) atoms. The predicted octanol–water partition coefficient (Wildman–Crippen LogP) is 10.8. The zero-order valence-electron chi connectivity index (χ0n) is 25.0. The Bertz CT molecular complexity index is 1430. The van der Waals surface area contributed by atoms with E-state index in [2.05, 4.69) is 4.74 Å². The molecule has 0 atom stereocenters. The lowest BCUT2D eigenvalue weighted by atomic mass is 9.68. The van der Waals surface area contributed by atoms with Crippen LogP contribution in [0.5, 0.6) is 5.75 Å². The molecule has 0 bridgehead atoms. The Balaban J connectivity index is 1.22. The van der Waals surface area contributed by atoms with E-state index in [1.54, 1.807) is 13.2 Å². The first-order chi connectivity index (χ1) is 21.5. The number of rotatable bonds is 10. The Labute approximate surface area is 257 Å². The molecule has 244 valence electrons. The molecule has 3 aromatic rings. The van der Waals surface area contributed by atoms with Crippen LogP contribution in [0.2, 0.25) is 0 Å². The first-order valence-electron chi connectivity index (χ1n) is 15.5. The standard InChI is InChI=1S/C35H36F8O2/c1-44-14-2-3-20-4-6-21(7-5-20)22-8-10-23(11-9-22)24-12-13-27(28(36)15-24)25-16-29(37)33(30(38)17-25)35(42,43)45-26-18-31(39)34(41)32(40)19-26/h12-13,15-23H,2-11,14H2,1H3. The molecule has 5 rings (SSSR count). The minimum Gasteiger partial charge on any atom is -0.429 e. The summed E-state index contributed by atoms with van der Waals surface area (Å²) in [5.74, 6) is -8.68. The topological polar surface area (TPSA) is 18.5 Å². The van der Waals surface area contributed by atoms with E-state index >= 15 is 4.39 Å². The molecule has 0 N–H and O–H groups in total. The van der Waals surface area contributed by atoms with Crippen LogP contribution in [-0.2, 0) is 10.8 Å². The Kier molecular flexibility index (Phi) is 10.4. The fourth-order valence-corrected chi connectivity index (χ4v) is 7.20. The number of benzene rings is 3. The quantitative estimate of drug-likeness (QED) is 0.125. The summed E-state index contributed by atoms with van der Waals surface area (Å²) in [5, 5.41) is 0. The van der Waals surface area contributed by atoms with Gasteiger partial charge < -0.3 is 9.47 Å². The highest BCUT2D eigenvalue weighted by Crippen LogP contribution is 2.45. The highest BCUT2D eigenvalue weighted by molar-refractivity contribution is 5.65. The Morgan fingerprint density at radius 1 is 0.689 bits per heavy atom. The van der Waals surface area contributed by atoms with Crippen molar-refractivity contribution in [3.63, 3.8) is 0 Å². The van der Waals surface area contributed by atoms with E-state index in [0.717, 1.165) is 56.1 Å². The van der Waals surface area contributed by atoms with Gasteiger partial charge in [-0.2, -0.15) is 8.78 Å². The van der Waals surface area contributed by atoms with Crippen molar-refractivity contribution in [1.29, 1.82) is 0 Å². The van der Waals surface area contributed by atoms with E-state index in [1.165, 1.54) is 44.2 Å². The lowest BCUT2D eigenvalue weighted by Gasteiger charge is -2.38. The molecule has 0 unspecified atom stereocenters. The number of hydrogen-bond acceptors (Lipinski definition) is 2.